The molecular formula is C10H10N4O. The Morgan fingerprint density at radius 1 is 1.33 bits per heavy atom. The molecule has 0 amide bonds. The Hall–Kier alpha value is -2.04. The van der Waals surface area contributed by atoms with Crippen molar-refractivity contribution in [1.29, 1.82) is 0 Å². The Balaban J connectivity index is 2.62. The van der Waals surface area contributed by atoms with Crippen LogP contribution in [-0.2, 0) is 0 Å². The monoisotopic (exact) mass is 202 g/mol. The molecule has 0 atom stereocenters. The fourth-order valence-corrected chi connectivity index (χ4v) is 1.37. The summed E-state index contributed by atoms with van der Waals surface area (Å²) in [6.07, 6.45) is 4.01. The molecule has 0 bridgehead atoms. The van der Waals surface area contributed by atoms with Gasteiger partial charge in [-0.2, -0.15) is 5.10 Å². The standard InChI is InChI=1S/C10H10N4O/c1-6-3-11-7(2)10(13-6)8-4-12-14-9(8)5-15/h3-5H,1-2H3,(H,12,14). The minimum Gasteiger partial charge on any atom is -0.296 e. The second-order valence-corrected chi connectivity index (χ2v) is 3.26. The van der Waals surface area contributed by atoms with E-state index < -0.39 is 0 Å². The maximum Gasteiger partial charge on any atom is 0.168 e. The van der Waals surface area contributed by atoms with E-state index in [0.29, 0.717) is 17.0 Å². The number of nitrogens with one attached hydrogen (secondary N) is 1. The lowest BCUT2D eigenvalue weighted by atomic mass is 10.1. The van der Waals surface area contributed by atoms with Gasteiger partial charge in [0, 0.05) is 6.20 Å². The molecule has 0 aliphatic carbocycles. The van der Waals surface area contributed by atoms with Gasteiger partial charge in [-0.3, -0.25) is 14.9 Å². The fraction of sp³-hybridized carbons (Fsp3) is 0.200. The number of aromatic nitrogens is 4. The fourth-order valence-electron chi connectivity index (χ4n) is 1.37. The summed E-state index contributed by atoms with van der Waals surface area (Å²) >= 11 is 0. The van der Waals surface area contributed by atoms with E-state index >= 15 is 0 Å². The Kier molecular flexibility index (Phi) is 2.29. The first kappa shape index (κ1) is 9.51. The second kappa shape index (κ2) is 3.61. The summed E-state index contributed by atoms with van der Waals surface area (Å²) in [6, 6.07) is 0. The van der Waals surface area contributed by atoms with Gasteiger partial charge in [-0.15, -0.1) is 0 Å². The lowest BCUT2D eigenvalue weighted by Crippen LogP contribution is -1.95. The molecule has 5 nitrogen and oxygen atoms in total. The van der Waals surface area contributed by atoms with Crippen LogP contribution >= 0.6 is 0 Å². The highest BCUT2D eigenvalue weighted by Crippen LogP contribution is 2.21. The third-order valence-electron chi connectivity index (χ3n) is 2.12. The van der Waals surface area contributed by atoms with Gasteiger partial charge < -0.3 is 0 Å². The summed E-state index contributed by atoms with van der Waals surface area (Å²) in [5, 5.41) is 6.43. The lowest BCUT2D eigenvalue weighted by Gasteiger charge is -2.02. The zero-order chi connectivity index (χ0) is 10.8. The average Bonchev–Trinajstić information content (AvgIpc) is 2.69. The molecule has 0 saturated heterocycles. The van der Waals surface area contributed by atoms with E-state index in [-0.39, 0.29) is 0 Å². The van der Waals surface area contributed by atoms with Crippen LogP contribution in [0.1, 0.15) is 21.9 Å². The molecule has 2 heterocycles. The number of nitrogens with zero attached hydrogens (tertiary/aromatic N) is 3. The van der Waals surface area contributed by atoms with Gasteiger partial charge >= 0.3 is 0 Å². The average molecular weight is 202 g/mol. The van der Waals surface area contributed by atoms with Crippen LogP contribution in [0.15, 0.2) is 12.4 Å². The third kappa shape index (κ3) is 1.63. The van der Waals surface area contributed by atoms with Gasteiger partial charge in [0.25, 0.3) is 0 Å². The van der Waals surface area contributed by atoms with Gasteiger partial charge in [0.05, 0.1) is 28.8 Å². The molecule has 76 valence electrons. The number of aryl methyl sites for hydroxylation is 2. The van der Waals surface area contributed by atoms with E-state index in [2.05, 4.69) is 20.2 Å². The molecule has 0 unspecified atom stereocenters. The summed E-state index contributed by atoms with van der Waals surface area (Å²) < 4.78 is 0. The smallest absolute Gasteiger partial charge is 0.168 e. The van der Waals surface area contributed by atoms with Gasteiger partial charge in [-0.25, -0.2) is 4.98 Å². The molecule has 2 rings (SSSR count). The van der Waals surface area contributed by atoms with E-state index in [0.717, 1.165) is 17.7 Å². The van der Waals surface area contributed by atoms with E-state index in [1.165, 1.54) is 0 Å². The number of H-pyrrole nitrogens is 1. The maximum atomic E-state index is 10.7. The number of rotatable bonds is 2. The first-order chi connectivity index (χ1) is 7.22. The Morgan fingerprint density at radius 3 is 2.87 bits per heavy atom. The number of hydrogen-bond donors (Lipinski definition) is 1. The molecule has 5 heteroatoms. The summed E-state index contributed by atoms with van der Waals surface area (Å²) in [5.41, 5.74) is 3.42. The highest BCUT2D eigenvalue weighted by molar-refractivity contribution is 5.84. The van der Waals surface area contributed by atoms with Crippen molar-refractivity contribution in [3.63, 3.8) is 0 Å². The highest BCUT2D eigenvalue weighted by atomic mass is 16.1. The van der Waals surface area contributed by atoms with Crippen molar-refractivity contribution in [2.45, 2.75) is 13.8 Å². The van der Waals surface area contributed by atoms with Crippen molar-refractivity contribution < 1.29 is 4.79 Å². The molecule has 1 N–H and O–H groups in total. The lowest BCUT2D eigenvalue weighted by molar-refractivity contribution is 0.111. The zero-order valence-corrected chi connectivity index (χ0v) is 8.48. The number of carbonyl (C=O) groups excluding carboxylic acids is 1. The van der Waals surface area contributed by atoms with Crippen LogP contribution in [0, 0.1) is 13.8 Å². The van der Waals surface area contributed by atoms with Crippen molar-refractivity contribution in [2.24, 2.45) is 0 Å². The molecule has 0 spiro atoms. The van der Waals surface area contributed by atoms with Crippen LogP contribution in [0.2, 0.25) is 0 Å². The number of hydrogen-bond acceptors (Lipinski definition) is 4. The molecule has 0 aromatic carbocycles. The van der Waals surface area contributed by atoms with E-state index in [1.54, 1.807) is 12.4 Å². The molecule has 0 saturated carbocycles. The van der Waals surface area contributed by atoms with Crippen LogP contribution in [0.25, 0.3) is 11.3 Å². The quantitative estimate of drug-likeness (QED) is 0.745. The molecule has 0 fully saturated rings. The predicted octanol–water partition coefficient (Wildman–Crippen LogP) is 1.30. The number of carbonyl (C=O) groups is 1. The van der Waals surface area contributed by atoms with E-state index in [9.17, 15) is 4.79 Å². The Labute approximate surface area is 86.6 Å². The van der Waals surface area contributed by atoms with Gasteiger partial charge in [0.1, 0.15) is 5.69 Å². The third-order valence-corrected chi connectivity index (χ3v) is 2.12. The van der Waals surface area contributed by atoms with Crippen molar-refractivity contribution in [1.82, 2.24) is 20.2 Å². The van der Waals surface area contributed by atoms with Gasteiger partial charge in [-0.05, 0) is 13.8 Å². The highest BCUT2D eigenvalue weighted by Gasteiger charge is 2.11. The predicted molar refractivity (Wildman–Crippen MR) is 54.5 cm³/mol. The largest absolute Gasteiger partial charge is 0.296 e. The first-order valence-electron chi connectivity index (χ1n) is 4.51. The van der Waals surface area contributed by atoms with Crippen LogP contribution in [-0.4, -0.2) is 26.5 Å². The molecule has 0 radical (unpaired) electrons. The van der Waals surface area contributed by atoms with Gasteiger partial charge in [0.2, 0.25) is 0 Å². The SMILES string of the molecule is Cc1cnc(C)c(-c2cn[nH]c2C=O)n1. The molecule has 2 aromatic rings. The van der Waals surface area contributed by atoms with Crippen molar-refractivity contribution in [2.75, 3.05) is 0 Å². The van der Waals surface area contributed by atoms with E-state index in [4.69, 9.17) is 0 Å². The van der Waals surface area contributed by atoms with Crippen molar-refractivity contribution in [3.05, 3.63) is 29.5 Å². The minimum absolute atomic E-state index is 0.429. The zero-order valence-electron chi connectivity index (χ0n) is 8.48. The van der Waals surface area contributed by atoms with Gasteiger partial charge in [0.15, 0.2) is 6.29 Å². The van der Waals surface area contributed by atoms with Crippen molar-refractivity contribution >= 4 is 6.29 Å². The molecule has 15 heavy (non-hydrogen) atoms. The van der Waals surface area contributed by atoms with Crippen LogP contribution in [0.3, 0.4) is 0 Å². The van der Waals surface area contributed by atoms with Crippen LogP contribution in [0.5, 0.6) is 0 Å². The number of aromatic amines is 1. The molecular weight excluding hydrogens is 192 g/mol. The second-order valence-electron chi connectivity index (χ2n) is 3.26. The Morgan fingerprint density at radius 2 is 2.13 bits per heavy atom. The van der Waals surface area contributed by atoms with E-state index in [1.807, 2.05) is 13.8 Å². The molecule has 2 aromatic heterocycles. The summed E-state index contributed by atoms with van der Waals surface area (Å²) in [4.78, 5) is 19.3. The van der Waals surface area contributed by atoms with Crippen LogP contribution < -0.4 is 0 Å². The summed E-state index contributed by atoms with van der Waals surface area (Å²) in [7, 11) is 0. The summed E-state index contributed by atoms with van der Waals surface area (Å²) in [5.74, 6) is 0. The van der Waals surface area contributed by atoms with Crippen molar-refractivity contribution in [3.8, 4) is 11.3 Å². The topological polar surface area (TPSA) is 71.5 Å². The van der Waals surface area contributed by atoms with Gasteiger partial charge in [-0.1, -0.05) is 0 Å². The molecule has 0 aliphatic rings. The number of aldehydes is 1. The first-order valence-corrected chi connectivity index (χ1v) is 4.51. The maximum absolute atomic E-state index is 10.7. The minimum atomic E-state index is 0.429. The van der Waals surface area contributed by atoms with Crippen LogP contribution in [0.4, 0.5) is 0 Å². The normalized spacial score (nSPS) is 10.3. The Bertz CT molecular complexity index is 504. The summed E-state index contributed by atoms with van der Waals surface area (Å²) in [6.45, 7) is 3.71. The molecule has 0 aliphatic heterocycles.